The molecule has 1 fully saturated rings. The van der Waals surface area contributed by atoms with Crippen LogP contribution in [-0.4, -0.2) is 50.7 Å². The Morgan fingerprint density at radius 3 is 2.57 bits per heavy atom. The van der Waals surface area contributed by atoms with Gasteiger partial charge in [0.05, 0.1) is 53.0 Å². The lowest BCUT2D eigenvalue weighted by Crippen LogP contribution is -2.21. The summed E-state index contributed by atoms with van der Waals surface area (Å²) in [6.07, 6.45) is 15.8. The van der Waals surface area contributed by atoms with Crippen LogP contribution in [-0.2, 0) is 21.4 Å². The highest BCUT2D eigenvalue weighted by atomic mass is 32.2. The monoisotopic (exact) mass is 652 g/mol. The van der Waals surface area contributed by atoms with Crippen LogP contribution in [0.2, 0.25) is 0 Å². The highest BCUT2D eigenvalue weighted by Crippen LogP contribution is 2.35. The van der Waals surface area contributed by atoms with Gasteiger partial charge in [0.2, 0.25) is 15.9 Å². The first-order valence-electron chi connectivity index (χ1n) is 15.5. The lowest BCUT2D eigenvalue weighted by atomic mass is 9.87. The molecular weight excluding hydrogens is 619 g/mol. The largest absolute Gasteiger partial charge is 0.352 e. The minimum absolute atomic E-state index is 0.00379. The lowest BCUT2D eigenvalue weighted by Gasteiger charge is -2.20. The van der Waals surface area contributed by atoms with Crippen LogP contribution in [0.15, 0.2) is 67.4 Å². The number of fused-ring (bicyclic) bond motifs is 2. The first kappa shape index (κ1) is 30.6. The van der Waals surface area contributed by atoms with Crippen molar-refractivity contribution in [3.05, 3.63) is 78.8 Å². The van der Waals surface area contributed by atoms with Gasteiger partial charge < -0.3 is 10.3 Å². The molecule has 0 atom stereocenters. The number of anilines is 1. The number of rotatable bonds is 9. The van der Waals surface area contributed by atoms with E-state index in [1.54, 1.807) is 37.1 Å². The number of sulfonamides is 1. The van der Waals surface area contributed by atoms with Crippen LogP contribution in [0.4, 0.5) is 10.1 Å². The van der Waals surface area contributed by atoms with Crippen molar-refractivity contribution in [2.24, 2.45) is 5.92 Å². The molecule has 1 amide bonds. The molecule has 13 heteroatoms. The Morgan fingerprint density at radius 1 is 0.915 bits per heavy atom. The van der Waals surface area contributed by atoms with Gasteiger partial charge >= 0.3 is 0 Å². The molecule has 11 nitrogen and oxygen atoms in total. The summed E-state index contributed by atoms with van der Waals surface area (Å²) in [5, 5.41) is 12.3. The fraction of sp³-hybridized carbons (Fsp3) is 0.265. The number of pyridine rings is 3. The number of hydrogen-bond acceptors (Lipinski definition) is 7. The lowest BCUT2D eigenvalue weighted by molar-refractivity contribution is -0.117. The maximum Gasteiger partial charge on any atom is 0.224 e. The van der Waals surface area contributed by atoms with Gasteiger partial charge in [0.15, 0.2) is 0 Å². The fourth-order valence-electron chi connectivity index (χ4n) is 6.32. The smallest absolute Gasteiger partial charge is 0.224 e. The van der Waals surface area contributed by atoms with Gasteiger partial charge in [0.1, 0.15) is 11.5 Å². The number of nitrogens with one attached hydrogen (secondary N) is 4. The zero-order valence-corrected chi connectivity index (χ0v) is 26.5. The number of aromatic nitrogens is 6. The molecule has 1 saturated carbocycles. The highest BCUT2D eigenvalue weighted by Gasteiger charge is 2.19. The number of amides is 1. The Labute approximate surface area is 270 Å². The molecule has 5 heterocycles. The van der Waals surface area contributed by atoms with Crippen molar-refractivity contribution in [1.82, 2.24) is 34.9 Å². The molecule has 47 heavy (non-hydrogen) atoms. The average Bonchev–Trinajstić information content (AvgIpc) is 3.68. The average molecular weight is 653 g/mol. The molecule has 0 radical (unpaired) electrons. The van der Waals surface area contributed by atoms with E-state index in [2.05, 4.69) is 40.2 Å². The third-order valence-corrected chi connectivity index (χ3v) is 9.24. The molecule has 0 spiro atoms. The second-order valence-electron chi connectivity index (χ2n) is 12.2. The van der Waals surface area contributed by atoms with E-state index in [9.17, 15) is 17.6 Å². The topological polar surface area (TPSA) is 158 Å². The number of hydrogen-bond donors (Lipinski definition) is 4. The Hall–Kier alpha value is -5.01. The standard InChI is InChI=1S/C34H33FN8O3S/c1-47(45,46)39-14-21-7-22(10-24(35)8-21)28-17-37-18-31-26(28)12-30(41-31)34-27-13-29(38-19-32(27)42-43-34)23-11-25(16-36-15-23)40-33(44)9-20-5-3-2-4-6-20/h7-8,10-13,15-20,39,41H,2-6,9,14H2,1H3,(H,40,44)(H,42,43). The van der Waals surface area contributed by atoms with E-state index in [-0.39, 0.29) is 12.5 Å². The molecule has 6 aromatic rings. The van der Waals surface area contributed by atoms with Gasteiger partial charge in [-0.1, -0.05) is 19.3 Å². The van der Waals surface area contributed by atoms with Gasteiger partial charge in [0.25, 0.3) is 0 Å². The number of nitrogens with zero attached hydrogens (tertiary/aromatic N) is 4. The van der Waals surface area contributed by atoms with Crippen LogP contribution in [0.1, 0.15) is 44.1 Å². The Bertz CT molecular complexity index is 2220. The first-order chi connectivity index (χ1) is 22.7. The fourth-order valence-corrected chi connectivity index (χ4v) is 6.75. The highest BCUT2D eigenvalue weighted by molar-refractivity contribution is 7.88. The van der Waals surface area contributed by atoms with Crippen molar-refractivity contribution in [2.45, 2.75) is 45.1 Å². The van der Waals surface area contributed by atoms with Gasteiger partial charge in [-0.05, 0) is 66.3 Å². The molecular formula is C34H33FN8O3S. The molecule has 7 rings (SSSR count). The minimum atomic E-state index is -3.44. The van der Waals surface area contributed by atoms with E-state index in [1.807, 2.05) is 18.2 Å². The maximum atomic E-state index is 14.6. The van der Waals surface area contributed by atoms with Crippen LogP contribution in [0.25, 0.3) is 55.6 Å². The normalized spacial score (nSPS) is 14.2. The van der Waals surface area contributed by atoms with Gasteiger partial charge in [-0.3, -0.25) is 24.8 Å². The van der Waals surface area contributed by atoms with Crippen molar-refractivity contribution >= 4 is 43.4 Å². The van der Waals surface area contributed by atoms with Crippen LogP contribution in [0.3, 0.4) is 0 Å². The molecule has 0 aliphatic heterocycles. The van der Waals surface area contributed by atoms with E-state index in [0.717, 1.165) is 52.2 Å². The predicted octanol–water partition coefficient (Wildman–Crippen LogP) is 6.33. The summed E-state index contributed by atoms with van der Waals surface area (Å²) in [5.41, 5.74) is 6.62. The van der Waals surface area contributed by atoms with E-state index in [1.165, 1.54) is 31.4 Å². The summed E-state index contributed by atoms with van der Waals surface area (Å²) in [6.45, 7) is -0.0354. The molecule has 240 valence electrons. The molecule has 5 aromatic heterocycles. The maximum absolute atomic E-state index is 14.6. The molecule has 1 aliphatic rings. The van der Waals surface area contributed by atoms with Crippen molar-refractivity contribution in [2.75, 3.05) is 11.6 Å². The molecule has 0 bridgehead atoms. The van der Waals surface area contributed by atoms with Gasteiger partial charge in [-0.15, -0.1) is 0 Å². The van der Waals surface area contributed by atoms with Crippen LogP contribution >= 0.6 is 0 Å². The third kappa shape index (κ3) is 6.91. The summed E-state index contributed by atoms with van der Waals surface area (Å²) in [5.74, 6) is -0.0409. The van der Waals surface area contributed by atoms with E-state index >= 15 is 0 Å². The predicted molar refractivity (Wildman–Crippen MR) is 179 cm³/mol. The Balaban J connectivity index is 1.18. The number of benzene rings is 1. The zero-order chi connectivity index (χ0) is 32.5. The number of halogens is 1. The quantitative estimate of drug-likeness (QED) is 0.142. The molecule has 0 saturated heterocycles. The second-order valence-corrected chi connectivity index (χ2v) is 14.0. The second kappa shape index (κ2) is 12.6. The third-order valence-electron chi connectivity index (χ3n) is 8.57. The number of carbonyl (C=O) groups is 1. The SMILES string of the molecule is CS(=O)(=O)NCc1cc(F)cc(-c2cncc3[nH]c(-c4n[nH]c5cnc(-c6cncc(NC(=O)CC7CCCCC7)c6)cc45)cc23)c1. The van der Waals surface area contributed by atoms with Gasteiger partial charge in [-0.25, -0.2) is 17.5 Å². The van der Waals surface area contributed by atoms with Gasteiger partial charge in [-0.2, -0.15) is 5.10 Å². The summed E-state index contributed by atoms with van der Waals surface area (Å²) in [6, 6.07) is 10.2. The van der Waals surface area contributed by atoms with Gasteiger partial charge in [0, 0.05) is 47.3 Å². The molecule has 0 unspecified atom stereocenters. The summed E-state index contributed by atoms with van der Waals surface area (Å²) in [7, 11) is -3.44. The van der Waals surface area contributed by atoms with E-state index in [4.69, 9.17) is 0 Å². The van der Waals surface area contributed by atoms with Crippen molar-refractivity contribution in [3.8, 4) is 33.8 Å². The van der Waals surface area contributed by atoms with Crippen molar-refractivity contribution < 1.29 is 17.6 Å². The number of aromatic amines is 2. The zero-order valence-electron chi connectivity index (χ0n) is 25.7. The molecule has 1 aromatic carbocycles. The minimum Gasteiger partial charge on any atom is -0.352 e. The number of H-pyrrole nitrogens is 2. The van der Waals surface area contributed by atoms with Crippen LogP contribution < -0.4 is 10.0 Å². The summed E-state index contributed by atoms with van der Waals surface area (Å²) >= 11 is 0. The first-order valence-corrected chi connectivity index (χ1v) is 17.4. The van der Waals surface area contributed by atoms with E-state index in [0.29, 0.717) is 46.1 Å². The molecule has 4 N–H and O–H groups in total. The summed E-state index contributed by atoms with van der Waals surface area (Å²) in [4.78, 5) is 29.5. The van der Waals surface area contributed by atoms with Crippen molar-refractivity contribution in [1.29, 1.82) is 0 Å². The molecule has 1 aliphatic carbocycles. The number of carbonyl (C=O) groups excluding carboxylic acids is 1. The summed E-state index contributed by atoms with van der Waals surface area (Å²) < 4.78 is 40.2. The Kier molecular flexibility index (Phi) is 8.24. The van der Waals surface area contributed by atoms with E-state index < -0.39 is 15.8 Å². The van der Waals surface area contributed by atoms with Crippen molar-refractivity contribution in [3.63, 3.8) is 0 Å². The van der Waals surface area contributed by atoms with Crippen LogP contribution in [0, 0.1) is 11.7 Å². The Morgan fingerprint density at radius 2 is 1.74 bits per heavy atom. The van der Waals surface area contributed by atoms with Crippen LogP contribution in [0.5, 0.6) is 0 Å².